The van der Waals surface area contributed by atoms with E-state index >= 15 is 0 Å². The van der Waals surface area contributed by atoms with E-state index in [9.17, 15) is 9.59 Å². The molecule has 1 saturated heterocycles. The maximum atomic E-state index is 13.1. The molecule has 1 aromatic carbocycles. The van der Waals surface area contributed by atoms with Crippen molar-refractivity contribution < 1.29 is 9.53 Å². The van der Waals surface area contributed by atoms with E-state index < -0.39 is 0 Å². The van der Waals surface area contributed by atoms with Gasteiger partial charge in [-0.1, -0.05) is 20.8 Å². The van der Waals surface area contributed by atoms with Crippen LogP contribution in [0, 0.1) is 0 Å². The Balaban J connectivity index is 1.81. The van der Waals surface area contributed by atoms with E-state index in [1.54, 1.807) is 31.5 Å². The van der Waals surface area contributed by atoms with Gasteiger partial charge in [-0.25, -0.2) is 0 Å². The number of H-pyrrole nitrogens is 1. The van der Waals surface area contributed by atoms with Gasteiger partial charge in [-0.05, 0) is 80.6 Å². The number of aromatic nitrogens is 1. The van der Waals surface area contributed by atoms with Crippen molar-refractivity contribution in [3.05, 3.63) is 51.9 Å². The highest BCUT2D eigenvalue weighted by molar-refractivity contribution is 5.99. The summed E-state index contributed by atoms with van der Waals surface area (Å²) >= 11 is 0. The number of carbonyl (C=O) groups excluding carboxylic acids is 1. The largest absolute Gasteiger partial charge is 0.496 e. The predicted octanol–water partition coefficient (Wildman–Crippen LogP) is 3.95. The molecule has 0 aliphatic carbocycles. The van der Waals surface area contributed by atoms with Gasteiger partial charge in [0.15, 0.2) is 0 Å². The number of nitrogens with zero attached hydrogens (tertiary/aromatic N) is 1. The van der Waals surface area contributed by atoms with Gasteiger partial charge in [0.25, 0.3) is 11.5 Å². The Bertz CT molecular complexity index is 953. The van der Waals surface area contributed by atoms with Crippen molar-refractivity contribution in [1.29, 1.82) is 0 Å². The summed E-state index contributed by atoms with van der Waals surface area (Å²) in [5.74, 6) is 0.399. The number of hydrogen-bond donors (Lipinski definition) is 2. The fourth-order valence-corrected chi connectivity index (χ4v) is 4.14. The summed E-state index contributed by atoms with van der Waals surface area (Å²) in [7, 11) is 1.59. The molecule has 1 aromatic heterocycles. The minimum atomic E-state index is -0.256. The first-order valence-corrected chi connectivity index (χ1v) is 11.2. The first kappa shape index (κ1) is 23.1. The summed E-state index contributed by atoms with van der Waals surface area (Å²) in [6.07, 6.45) is 6.22. The molecule has 0 radical (unpaired) electrons. The fourth-order valence-electron chi connectivity index (χ4n) is 4.14. The van der Waals surface area contributed by atoms with Gasteiger partial charge < -0.3 is 19.9 Å². The Morgan fingerprint density at radius 2 is 1.94 bits per heavy atom. The molecule has 1 amide bonds. The molecule has 0 unspecified atom stereocenters. The second-order valence-electron chi connectivity index (χ2n) is 9.28. The van der Waals surface area contributed by atoms with Gasteiger partial charge in [0, 0.05) is 23.9 Å². The maximum Gasteiger partial charge on any atom is 0.255 e. The van der Waals surface area contributed by atoms with Crippen LogP contribution in [0.1, 0.15) is 62.4 Å². The van der Waals surface area contributed by atoms with Gasteiger partial charge in [0.05, 0.1) is 12.7 Å². The molecule has 2 N–H and O–H groups in total. The van der Waals surface area contributed by atoms with Gasteiger partial charge >= 0.3 is 0 Å². The van der Waals surface area contributed by atoms with Crippen molar-refractivity contribution in [1.82, 2.24) is 15.2 Å². The Hall–Kier alpha value is -2.60. The van der Waals surface area contributed by atoms with Crippen LogP contribution in [0.4, 0.5) is 0 Å². The molecule has 0 saturated carbocycles. The van der Waals surface area contributed by atoms with E-state index in [1.165, 1.54) is 25.9 Å². The lowest BCUT2D eigenvalue weighted by Gasteiger charge is -2.25. The number of methoxy groups -OCH3 is 1. The molecular formula is C25H35N3O3. The van der Waals surface area contributed by atoms with E-state index in [1.807, 2.05) is 6.07 Å². The summed E-state index contributed by atoms with van der Waals surface area (Å²) in [5, 5.41) is 3.05. The summed E-state index contributed by atoms with van der Waals surface area (Å²) < 4.78 is 5.69. The molecule has 6 nitrogen and oxygen atoms in total. The second kappa shape index (κ2) is 10.1. The lowest BCUT2D eigenvalue weighted by molar-refractivity contribution is 0.0949. The van der Waals surface area contributed by atoms with Crippen LogP contribution in [0.5, 0.6) is 5.75 Å². The Labute approximate surface area is 185 Å². The van der Waals surface area contributed by atoms with Crippen LogP contribution < -0.4 is 15.6 Å². The van der Waals surface area contributed by atoms with Crippen LogP contribution in [-0.4, -0.2) is 49.1 Å². The lowest BCUT2D eigenvalue weighted by Crippen LogP contribution is -2.27. The summed E-state index contributed by atoms with van der Waals surface area (Å²) in [4.78, 5) is 30.7. The van der Waals surface area contributed by atoms with Crippen molar-refractivity contribution in [3.8, 4) is 16.9 Å². The van der Waals surface area contributed by atoms with Crippen molar-refractivity contribution in [2.75, 3.05) is 33.3 Å². The molecule has 31 heavy (non-hydrogen) atoms. The van der Waals surface area contributed by atoms with E-state index in [-0.39, 0.29) is 16.9 Å². The topological polar surface area (TPSA) is 74.4 Å². The number of nitrogens with one attached hydrogen (secondary N) is 2. The minimum Gasteiger partial charge on any atom is -0.496 e. The molecule has 0 spiro atoms. The van der Waals surface area contributed by atoms with Crippen molar-refractivity contribution >= 4 is 5.91 Å². The third-order valence-electron chi connectivity index (χ3n) is 5.86. The molecule has 1 aliphatic rings. The molecule has 6 heteroatoms. The van der Waals surface area contributed by atoms with E-state index in [0.29, 0.717) is 29.0 Å². The number of rotatable bonds is 8. The van der Waals surface area contributed by atoms with Gasteiger partial charge in [0.1, 0.15) is 5.75 Å². The number of amides is 1. The van der Waals surface area contributed by atoms with Gasteiger partial charge in [-0.3, -0.25) is 9.59 Å². The van der Waals surface area contributed by atoms with Gasteiger partial charge in [-0.15, -0.1) is 0 Å². The summed E-state index contributed by atoms with van der Waals surface area (Å²) in [6.45, 7) is 10.3. The number of likely N-dealkylation sites (tertiary alicyclic amines) is 1. The first-order valence-electron chi connectivity index (χ1n) is 11.2. The number of aromatic amines is 1. The fraction of sp³-hybridized carbons (Fsp3) is 0.520. The maximum absolute atomic E-state index is 13.1. The highest BCUT2D eigenvalue weighted by Gasteiger charge is 2.26. The van der Waals surface area contributed by atoms with Crippen molar-refractivity contribution in [2.24, 2.45) is 0 Å². The SMILES string of the molecule is COc1c(C(=O)NCCCCN2CCCC2)cc(-c2ccc[nH]c2=O)cc1C(C)(C)C. The normalized spacial score (nSPS) is 14.6. The zero-order valence-corrected chi connectivity index (χ0v) is 19.2. The van der Waals surface area contributed by atoms with Gasteiger partial charge in [-0.2, -0.15) is 0 Å². The Morgan fingerprint density at radius 3 is 2.58 bits per heavy atom. The first-order chi connectivity index (χ1) is 14.8. The second-order valence-corrected chi connectivity index (χ2v) is 9.28. The molecule has 2 aromatic rings. The monoisotopic (exact) mass is 425 g/mol. The van der Waals surface area contributed by atoms with E-state index in [4.69, 9.17) is 4.74 Å². The standard InChI is InChI=1S/C25H35N3O3/c1-25(2,3)21-17-18(19-10-9-12-27-23(19)29)16-20(22(21)31-4)24(30)26-11-5-6-13-28-14-7-8-15-28/h9-10,12,16-17H,5-8,11,13-15H2,1-4H3,(H,26,30)(H,27,29). The number of ether oxygens (including phenoxy) is 1. The average Bonchev–Trinajstić information content (AvgIpc) is 3.25. The summed E-state index contributed by atoms with van der Waals surface area (Å²) in [5.41, 5.74) is 2.18. The van der Waals surface area contributed by atoms with Crippen molar-refractivity contribution in [2.45, 2.75) is 51.9 Å². The molecule has 0 atom stereocenters. The number of unbranched alkanes of at least 4 members (excludes halogenated alkanes) is 1. The highest BCUT2D eigenvalue weighted by atomic mass is 16.5. The predicted molar refractivity (Wildman–Crippen MR) is 125 cm³/mol. The zero-order chi connectivity index (χ0) is 22.4. The Kier molecular flexibility index (Phi) is 7.55. The van der Waals surface area contributed by atoms with Crippen LogP contribution in [0.15, 0.2) is 35.3 Å². The average molecular weight is 426 g/mol. The van der Waals surface area contributed by atoms with E-state index in [0.717, 1.165) is 24.9 Å². The lowest BCUT2D eigenvalue weighted by atomic mass is 9.83. The van der Waals surface area contributed by atoms with E-state index in [2.05, 4.69) is 36.0 Å². The number of hydrogen-bond acceptors (Lipinski definition) is 4. The third-order valence-corrected chi connectivity index (χ3v) is 5.86. The van der Waals surface area contributed by atoms with Crippen LogP contribution in [-0.2, 0) is 5.41 Å². The van der Waals surface area contributed by atoms with Gasteiger partial charge in [0.2, 0.25) is 0 Å². The third kappa shape index (κ3) is 5.76. The zero-order valence-electron chi connectivity index (χ0n) is 19.2. The van der Waals surface area contributed by atoms with Crippen LogP contribution in [0.25, 0.3) is 11.1 Å². The highest BCUT2D eigenvalue weighted by Crippen LogP contribution is 2.37. The van der Waals surface area contributed by atoms with Crippen LogP contribution in [0.2, 0.25) is 0 Å². The Morgan fingerprint density at radius 1 is 1.19 bits per heavy atom. The number of benzene rings is 1. The van der Waals surface area contributed by atoms with Crippen LogP contribution >= 0.6 is 0 Å². The summed E-state index contributed by atoms with van der Waals surface area (Å²) in [6, 6.07) is 7.28. The molecule has 2 heterocycles. The molecule has 168 valence electrons. The molecule has 1 fully saturated rings. The molecule has 1 aliphatic heterocycles. The molecule has 3 rings (SSSR count). The molecular weight excluding hydrogens is 390 g/mol. The minimum absolute atomic E-state index is 0.169. The molecule has 0 bridgehead atoms. The number of pyridine rings is 1. The smallest absolute Gasteiger partial charge is 0.255 e. The quantitative estimate of drug-likeness (QED) is 0.628. The van der Waals surface area contributed by atoms with Crippen LogP contribution in [0.3, 0.4) is 0 Å². The number of carbonyl (C=O) groups is 1. The van der Waals surface area contributed by atoms with Crippen molar-refractivity contribution in [3.63, 3.8) is 0 Å².